The molecule has 3 N–H and O–H groups in total. The molecule has 0 aliphatic heterocycles. The molecule has 0 aliphatic carbocycles. The Kier molecular flexibility index (Phi) is 5.13. The summed E-state index contributed by atoms with van der Waals surface area (Å²) in [6, 6.07) is 0.158. The lowest BCUT2D eigenvalue weighted by Gasteiger charge is -2.09. The maximum absolute atomic E-state index is 11.7. The average molecular weight is 308 g/mol. The SMILES string of the molecule is CCC(N)Cc1cnc(Sc2n[nH]c(=O)n2C(C)C)nc1. The zero-order valence-corrected chi connectivity index (χ0v) is 13.2. The molecule has 1 atom stereocenters. The highest BCUT2D eigenvalue weighted by Gasteiger charge is 2.14. The Balaban J connectivity index is 2.12. The minimum absolute atomic E-state index is 0.0283. The van der Waals surface area contributed by atoms with Crippen molar-refractivity contribution in [1.82, 2.24) is 24.7 Å². The number of hydrogen-bond donors (Lipinski definition) is 2. The quantitative estimate of drug-likeness (QED) is 0.781. The van der Waals surface area contributed by atoms with Gasteiger partial charge in [-0.3, -0.25) is 4.57 Å². The fourth-order valence-corrected chi connectivity index (χ4v) is 2.70. The smallest absolute Gasteiger partial charge is 0.327 e. The Morgan fingerprint density at radius 2 is 2.05 bits per heavy atom. The van der Waals surface area contributed by atoms with E-state index >= 15 is 0 Å². The second-order valence-corrected chi connectivity index (χ2v) is 6.06. The number of aromatic nitrogens is 5. The van der Waals surface area contributed by atoms with Crippen molar-refractivity contribution in [2.45, 2.75) is 56.0 Å². The molecule has 0 bridgehead atoms. The van der Waals surface area contributed by atoms with Gasteiger partial charge in [-0.05, 0) is 44.0 Å². The highest BCUT2D eigenvalue weighted by atomic mass is 32.2. The number of nitrogens with two attached hydrogens (primary N) is 1. The van der Waals surface area contributed by atoms with Crippen molar-refractivity contribution in [1.29, 1.82) is 0 Å². The number of rotatable bonds is 6. The van der Waals surface area contributed by atoms with Gasteiger partial charge in [-0.1, -0.05) is 6.92 Å². The van der Waals surface area contributed by atoms with E-state index in [1.54, 1.807) is 17.0 Å². The van der Waals surface area contributed by atoms with Gasteiger partial charge in [-0.15, -0.1) is 5.10 Å². The molecule has 21 heavy (non-hydrogen) atoms. The Morgan fingerprint density at radius 3 is 2.62 bits per heavy atom. The maximum atomic E-state index is 11.7. The molecule has 114 valence electrons. The van der Waals surface area contributed by atoms with Gasteiger partial charge in [0, 0.05) is 24.5 Å². The van der Waals surface area contributed by atoms with E-state index < -0.39 is 0 Å². The third-order valence-corrected chi connectivity index (χ3v) is 3.94. The molecule has 0 aromatic carbocycles. The van der Waals surface area contributed by atoms with Crippen LogP contribution < -0.4 is 11.4 Å². The van der Waals surface area contributed by atoms with Crippen molar-refractivity contribution in [3.05, 3.63) is 28.4 Å². The van der Waals surface area contributed by atoms with Crippen molar-refractivity contribution < 1.29 is 0 Å². The van der Waals surface area contributed by atoms with Gasteiger partial charge in [0.2, 0.25) is 0 Å². The summed E-state index contributed by atoms with van der Waals surface area (Å²) in [5.74, 6) is 0. The summed E-state index contributed by atoms with van der Waals surface area (Å²) in [5, 5.41) is 7.58. The molecule has 0 fully saturated rings. The van der Waals surface area contributed by atoms with Gasteiger partial charge in [0.1, 0.15) is 0 Å². The molecule has 2 aromatic rings. The Morgan fingerprint density at radius 1 is 1.38 bits per heavy atom. The third-order valence-electron chi connectivity index (χ3n) is 3.07. The van der Waals surface area contributed by atoms with Gasteiger partial charge < -0.3 is 5.73 Å². The van der Waals surface area contributed by atoms with E-state index in [1.165, 1.54) is 11.8 Å². The molecule has 2 heterocycles. The topological polar surface area (TPSA) is 102 Å². The first kappa shape index (κ1) is 15.7. The number of aromatic amines is 1. The standard InChI is InChI=1S/C13H20N6OS/c1-4-10(14)5-9-6-15-11(16-7-9)21-13-18-17-12(20)19(13)8(2)3/h6-8,10H,4-5,14H2,1-3H3,(H,17,20). The molecule has 0 saturated heterocycles. The Labute approximate surface area is 127 Å². The summed E-state index contributed by atoms with van der Waals surface area (Å²) in [7, 11) is 0. The molecule has 0 radical (unpaired) electrons. The van der Waals surface area contributed by atoms with Gasteiger partial charge in [0.05, 0.1) is 0 Å². The maximum Gasteiger partial charge on any atom is 0.344 e. The molecular weight excluding hydrogens is 288 g/mol. The normalized spacial score (nSPS) is 12.8. The van der Waals surface area contributed by atoms with Crippen LogP contribution in [0.2, 0.25) is 0 Å². The summed E-state index contributed by atoms with van der Waals surface area (Å²) in [4.78, 5) is 20.3. The molecule has 8 heteroatoms. The van der Waals surface area contributed by atoms with Crippen molar-refractivity contribution in [2.75, 3.05) is 0 Å². The zero-order chi connectivity index (χ0) is 15.4. The highest BCUT2D eigenvalue weighted by Crippen LogP contribution is 2.23. The van der Waals surface area contributed by atoms with E-state index in [4.69, 9.17) is 5.73 Å². The molecule has 0 spiro atoms. The molecular formula is C13H20N6OS. The lowest BCUT2D eigenvalue weighted by atomic mass is 10.1. The van der Waals surface area contributed by atoms with Crippen molar-refractivity contribution >= 4 is 11.8 Å². The van der Waals surface area contributed by atoms with Gasteiger partial charge in [0.25, 0.3) is 0 Å². The largest absolute Gasteiger partial charge is 0.344 e. The monoisotopic (exact) mass is 308 g/mol. The summed E-state index contributed by atoms with van der Waals surface area (Å²) in [6.45, 7) is 5.91. The van der Waals surface area contributed by atoms with Crippen LogP contribution >= 0.6 is 11.8 Å². The van der Waals surface area contributed by atoms with E-state index in [2.05, 4.69) is 27.1 Å². The number of H-pyrrole nitrogens is 1. The second kappa shape index (κ2) is 6.86. The average Bonchev–Trinajstić information content (AvgIpc) is 2.81. The van der Waals surface area contributed by atoms with Crippen LogP contribution in [0.5, 0.6) is 0 Å². The van der Waals surface area contributed by atoms with Gasteiger partial charge in [0.15, 0.2) is 10.3 Å². The predicted molar refractivity (Wildman–Crippen MR) is 81.4 cm³/mol. The van der Waals surface area contributed by atoms with Crippen LogP contribution in [0.15, 0.2) is 27.5 Å². The Hall–Kier alpha value is -1.67. The van der Waals surface area contributed by atoms with Crippen LogP contribution in [0.1, 0.15) is 38.8 Å². The number of hydrogen-bond acceptors (Lipinski definition) is 6. The molecule has 0 amide bonds. The first-order valence-corrected chi connectivity index (χ1v) is 7.74. The fraction of sp³-hybridized carbons (Fsp3) is 0.538. The molecule has 2 rings (SSSR count). The molecule has 2 aromatic heterocycles. The van der Waals surface area contributed by atoms with E-state index in [9.17, 15) is 4.79 Å². The van der Waals surface area contributed by atoms with E-state index in [1.807, 2.05) is 13.8 Å². The Bertz CT molecular complexity index is 633. The van der Waals surface area contributed by atoms with Crippen molar-refractivity contribution in [3.8, 4) is 0 Å². The van der Waals surface area contributed by atoms with Gasteiger partial charge in [-0.25, -0.2) is 19.9 Å². The molecule has 1 unspecified atom stereocenters. The predicted octanol–water partition coefficient (Wildman–Crippen LogP) is 1.37. The second-order valence-electron chi connectivity index (χ2n) is 5.12. The summed E-state index contributed by atoms with van der Waals surface area (Å²) in [5.41, 5.74) is 6.70. The minimum atomic E-state index is -0.224. The molecule has 7 nitrogen and oxygen atoms in total. The van der Waals surface area contributed by atoms with Crippen LogP contribution in [0.4, 0.5) is 0 Å². The first-order chi connectivity index (χ1) is 10.0. The van der Waals surface area contributed by atoms with Crippen LogP contribution in [-0.2, 0) is 6.42 Å². The zero-order valence-electron chi connectivity index (χ0n) is 12.4. The number of nitrogens with zero attached hydrogens (tertiary/aromatic N) is 4. The highest BCUT2D eigenvalue weighted by molar-refractivity contribution is 7.99. The first-order valence-electron chi connectivity index (χ1n) is 6.92. The third kappa shape index (κ3) is 3.92. The summed E-state index contributed by atoms with van der Waals surface area (Å²) in [6.07, 6.45) is 5.23. The summed E-state index contributed by atoms with van der Waals surface area (Å²) >= 11 is 1.26. The van der Waals surface area contributed by atoms with Crippen LogP contribution in [0.3, 0.4) is 0 Å². The lowest BCUT2D eigenvalue weighted by Crippen LogP contribution is -2.21. The van der Waals surface area contributed by atoms with Crippen LogP contribution in [0.25, 0.3) is 0 Å². The van der Waals surface area contributed by atoms with E-state index in [-0.39, 0.29) is 17.8 Å². The summed E-state index contributed by atoms with van der Waals surface area (Å²) < 4.78 is 1.58. The van der Waals surface area contributed by atoms with E-state index in [0.29, 0.717) is 10.3 Å². The number of nitrogens with one attached hydrogen (secondary N) is 1. The lowest BCUT2D eigenvalue weighted by molar-refractivity contribution is 0.533. The van der Waals surface area contributed by atoms with Crippen LogP contribution in [-0.4, -0.2) is 30.8 Å². The van der Waals surface area contributed by atoms with Crippen LogP contribution in [0, 0.1) is 0 Å². The van der Waals surface area contributed by atoms with Gasteiger partial charge >= 0.3 is 5.69 Å². The minimum Gasteiger partial charge on any atom is -0.327 e. The van der Waals surface area contributed by atoms with Crippen molar-refractivity contribution in [2.24, 2.45) is 5.73 Å². The molecule has 0 saturated carbocycles. The van der Waals surface area contributed by atoms with Gasteiger partial charge in [-0.2, -0.15) is 0 Å². The fourth-order valence-electron chi connectivity index (χ4n) is 1.85. The van der Waals surface area contributed by atoms with E-state index in [0.717, 1.165) is 18.4 Å². The molecule has 0 aliphatic rings. The van der Waals surface area contributed by atoms with Crippen molar-refractivity contribution in [3.63, 3.8) is 0 Å².